The number of rotatable bonds is 3. The molecule has 6 nitrogen and oxygen atoms in total. The molecule has 208 valence electrons. The molecule has 9 rings (SSSR count). The van der Waals surface area contributed by atoms with Crippen molar-refractivity contribution in [2.24, 2.45) is 41.4 Å². The predicted molar refractivity (Wildman–Crippen MR) is 165 cm³/mol. The van der Waals surface area contributed by atoms with E-state index in [1.165, 1.54) is 9.80 Å². The van der Waals surface area contributed by atoms with Crippen molar-refractivity contribution in [1.29, 1.82) is 0 Å². The van der Waals surface area contributed by atoms with Crippen LogP contribution in [0, 0.1) is 41.4 Å². The largest absolute Gasteiger partial charge is 0.274 e. The van der Waals surface area contributed by atoms with Crippen LogP contribution in [0.3, 0.4) is 0 Å². The van der Waals surface area contributed by atoms with E-state index in [4.69, 9.17) is 0 Å². The molecule has 2 heterocycles. The first-order valence-electron chi connectivity index (χ1n) is 14.1. The highest BCUT2D eigenvalue weighted by Crippen LogP contribution is 2.63. The quantitative estimate of drug-likeness (QED) is 0.236. The monoisotopic (exact) mass is 682 g/mol. The van der Waals surface area contributed by atoms with Gasteiger partial charge in [-0.15, -0.1) is 0 Å². The van der Waals surface area contributed by atoms with E-state index in [1.807, 2.05) is 60.7 Å². The van der Waals surface area contributed by atoms with Gasteiger partial charge in [-0.25, -0.2) is 9.80 Å². The Hall–Kier alpha value is -3.62. The van der Waals surface area contributed by atoms with Gasteiger partial charge in [0.05, 0.1) is 35.0 Å². The van der Waals surface area contributed by atoms with Gasteiger partial charge in [0, 0.05) is 20.8 Å². The second kappa shape index (κ2) is 9.44. The summed E-state index contributed by atoms with van der Waals surface area (Å²) in [6.45, 7) is 0. The lowest BCUT2D eigenvalue weighted by Gasteiger charge is -2.51. The van der Waals surface area contributed by atoms with Crippen molar-refractivity contribution in [3.05, 3.63) is 111 Å². The van der Waals surface area contributed by atoms with Gasteiger partial charge >= 0.3 is 0 Å². The van der Waals surface area contributed by atoms with Gasteiger partial charge in [0.2, 0.25) is 23.6 Å². The summed E-state index contributed by atoms with van der Waals surface area (Å²) in [6.07, 6.45) is 4.53. The third-order valence-corrected chi connectivity index (χ3v) is 10.8. The van der Waals surface area contributed by atoms with E-state index in [-0.39, 0.29) is 41.4 Å². The standard InChI is InChI=1S/C34H24Br2N2O4/c35-18-8-4-10-20(14-18)37-31(39)25-16-24(17-6-2-1-3-7-17)26-22-12-13-23(27(26)30(25)34(37)42)29-28(22)32(40)38(33(29)41)21-11-5-9-19(36)15-21/h1-15,22-23,25,27-30H,16H2/t22-,23-,25-,27-,28-,29+,30-/m1/s1. The highest BCUT2D eigenvalue weighted by Gasteiger charge is 2.67. The molecule has 0 aromatic heterocycles. The SMILES string of the molecule is O=C1[C@H]2[C@@H]3C=C[C@H](C4=C(c5ccccc5)C[C@H]5C(=O)N(c6cccc(Br)c6)C(=O)[C@H]5[C@@H]43)[C@H]2C(=O)N1c1cccc(Br)c1. The Morgan fingerprint density at radius 1 is 0.595 bits per heavy atom. The van der Waals surface area contributed by atoms with Crippen molar-refractivity contribution in [3.8, 4) is 0 Å². The van der Waals surface area contributed by atoms with Gasteiger partial charge in [-0.1, -0.05) is 92.0 Å². The molecule has 0 unspecified atom stereocenters. The number of hydrogen-bond donors (Lipinski definition) is 0. The molecule has 4 amide bonds. The highest BCUT2D eigenvalue weighted by atomic mass is 79.9. The Morgan fingerprint density at radius 3 is 1.83 bits per heavy atom. The molecule has 8 heteroatoms. The van der Waals surface area contributed by atoms with E-state index in [0.717, 1.165) is 25.7 Å². The molecule has 0 spiro atoms. The summed E-state index contributed by atoms with van der Waals surface area (Å²) >= 11 is 6.95. The fourth-order valence-corrected chi connectivity index (χ4v) is 9.03. The average Bonchev–Trinajstić information content (AvgIpc) is 3.42. The number of amides is 4. The molecule has 3 aromatic rings. The van der Waals surface area contributed by atoms with E-state index in [9.17, 15) is 19.2 Å². The Labute approximate surface area is 259 Å². The normalized spacial score (nSPS) is 31.1. The van der Waals surface area contributed by atoms with Crippen molar-refractivity contribution in [1.82, 2.24) is 0 Å². The van der Waals surface area contributed by atoms with Crippen LogP contribution in [0.15, 0.2) is 106 Å². The maximum absolute atomic E-state index is 14.3. The number of anilines is 2. The van der Waals surface area contributed by atoms with Gasteiger partial charge in [0.15, 0.2) is 0 Å². The first kappa shape index (κ1) is 26.0. The van der Waals surface area contributed by atoms with E-state index in [2.05, 4.69) is 37.9 Å². The average molecular weight is 684 g/mol. The summed E-state index contributed by atoms with van der Waals surface area (Å²) in [4.78, 5) is 59.2. The van der Waals surface area contributed by atoms with E-state index >= 15 is 0 Å². The number of carbonyl (C=O) groups is 4. The van der Waals surface area contributed by atoms with E-state index in [0.29, 0.717) is 17.8 Å². The van der Waals surface area contributed by atoms with Crippen LogP contribution in [0.25, 0.3) is 5.57 Å². The molecule has 2 bridgehead atoms. The van der Waals surface area contributed by atoms with Gasteiger partial charge in [-0.3, -0.25) is 19.2 Å². The maximum atomic E-state index is 14.3. The molecule has 7 atom stereocenters. The van der Waals surface area contributed by atoms with Crippen LogP contribution in [0.1, 0.15) is 12.0 Å². The minimum Gasteiger partial charge on any atom is -0.274 e. The summed E-state index contributed by atoms with van der Waals surface area (Å²) in [6, 6.07) is 24.4. The maximum Gasteiger partial charge on any atom is 0.238 e. The number of imide groups is 2. The molecule has 3 fully saturated rings. The first-order chi connectivity index (χ1) is 20.3. The minimum atomic E-state index is -0.597. The lowest BCUT2D eigenvalue weighted by molar-refractivity contribution is -0.129. The highest BCUT2D eigenvalue weighted by molar-refractivity contribution is 9.10. The van der Waals surface area contributed by atoms with Crippen molar-refractivity contribution < 1.29 is 19.2 Å². The molecule has 0 N–H and O–H groups in total. The summed E-state index contributed by atoms with van der Waals surface area (Å²) in [7, 11) is 0. The van der Waals surface area contributed by atoms with Gasteiger partial charge in [0.1, 0.15) is 0 Å². The minimum absolute atomic E-state index is 0.201. The van der Waals surface area contributed by atoms with Crippen LogP contribution in [0.4, 0.5) is 11.4 Å². The third-order valence-electron chi connectivity index (χ3n) is 9.76. The zero-order valence-electron chi connectivity index (χ0n) is 22.2. The Balaban J connectivity index is 1.29. The molecule has 4 aliphatic carbocycles. The topological polar surface area (TPSA) is 74.8 Å². The summed E-state index contributed by atoms with van der Waals surface area (Å²) in [5.74, 6) is -4.16. The number of allylic oxidation sites excluding steroid dienone is 4. The fraction of sp³-hybridized carbons (Fsp3) is 0.235. The van der Waals surface area contributed by atoms with Crippen LogP contribution in [0.2, 0.25) is 0 Å². The van der Waals surface area contributed by atoms with Crippen molar-refractivity contribution in [2.75, 3.05) is 9.80 Å². The van der Waals surface area contributed by atoms with Crippen molar-refractivity contribution >= 4 is 72.4 Å². The van der Waals surface area contributed by atoms with Crippen LogP contribution in [-0.2, 0) is 19.2 Å². The second-order valence-corrected chi connectivity index (χ2v) is 13.5. The summed E-state index contributed by atoms with van der Waals surface area (Å²) < 4.78 is 1.56. The summed E-state index contributed by atoms with van der Waals surface area (Å²) in [5, 5.41) is 0. The Morgan fingerprint density at radius 2 is 1.19 bits per heavy atom. The van der Waals surface area contributed by atoms with Crippen molar-refractivity contribution in [2.45, 2.75) is 6.42 Å². The van der Waals surface area contributed by atoms with Crippen LogP contribution >= 0.6 is 31.9 Å². The third kappa shape index (κ3) is 3.54. The molecule has 1 saturated carbocycles. The molecule has 2 aliphatic heterocycles. The summed E-state index contributed by atoms with van der Waals surface area (Å²) in [5.41, 5.74) is 4.15. The van der Waals surface area contributed by atoms with Gasteiger partial charge in [-0.2, -0.15) is 0 Å². The first-order valence-corrected chi connectivity index (χ1v) is 15.7. The van der Waals surface area contributed by atoms with Crippen LogP contribution in [0.5, 0.6) is 0 Å². The predicted octanol–water partition coefficient (Wildman–Crippen LogP) is 6.41. The molecular formula is C34H24Br2N2O4. The Kier molecular flexibility index (Phi) is 5.86. The van der Waals surface area contributed by atoms with Crippen molar-refractivity contribution in [3.63, 3.8) is 0 Å². The zero-order valence-corrected chi connectivity index (χ0v) is 25.4. The number of fused-ring (bicyclic) bond motifs is 1. The second-order valence-electron chi connectivity index (χ2n) is 11.7. The molecule has 0 radical (unpaired) electrons. The van der Waals surface area contributed by atoms with Gasteiger partial charge in [0.25, 0.3) is 0 Å². The number of benzene rings is 3. The van der Waals surface area contributed by atoms with Gasteiger partial charge < -0.3 is 0 Å². The van der Waals surface area contributed by atoms with Gasteiger partial charge in [-0.05, 0) is 59.9 Å². The smallest absolute Gasteiger partial charge is 0.238 e. The molecule has 2 saturated heterocycles. The fourth-order valence-electron chi connectivity index (χ4n) is 8.26. The number of halogens is 2. The number of hydrogen-bond acceptors (Lipinski definition) is 4. The Bertz CT molecular complexity index is 1780. The lowest BCUT2D eigenvalue weighted by Crippen LogP contribution is -2.51. The van der Waals surface area contributed by atoms with Crippen LogP contribution < -0.4 is 9.80 Å². The lowest BCUT2D eigenvalue weighted by atomic mass is 9.49. The number of nitrogens with zero attached hydrogens (tertiary/aromatic N) is 2. The number of carbonyl (C=O) groups excluding carboxylic acids is 4. The molecule has 6 aliphatic rings. The van der Waals surface area contributed by atoms with Crippen LogP contribution in [-0.4, -0.2) is 23.6 Å². The van der Waals surface area contributed by atoms with E-state index < -0.39 is 23.7 Å². The molecule has 42 heavy (non-hydrogen) atoms. The molecule has 3 aromatic carbocycles. The zero-order chi connectivity index (χ0) is 28.9. The molecular weight excluding hydrogens is 660 g/mol. The van der Waals surface area contributed by atoms with E-state index in [1.54, 1.807) is 24.3 Å².